The van der Waals surface area contributed by atoms with Crippen LogP contribution < -0.4 is 10.6 Å². The van der Waals surface area contributed by atoms with E-state index in [0.717, 1.165) is 24.3 Å². The number of hydrogen-bond acceptors (Lipinski definition) is 4. The second-order valence-corrected chi connectivity index (χ2v) is 4.57. The molecule has 1 aromatic heterocycles. The molecule has 20 heavy (non-hydrogen) atoms. The minimum Gasteiger partial charge on any atom is -0.478 e. The van der Waals surface area contributed by atoms with Gasteiger partial charge in [-0.05, 0) is 30.3 Å². The Kier molecular flexibility index (Phi) is 4.20. The quantitative estimate of drug-likeness (QED) is 0.813. The van der Waals surface area contributed by atoms with Crippen LogP contribution in [0.1, 0.15) is 16.1 Å². The summed E-state index contributed by atoms with van der Waals surface area (Å²) in [5.74, 6) is -1.01. The topological polar surface area (TPSA) is 79.5 Å². The van der Waals surface area contributed by atoms with E-state index in [0.29, 0.717) is 0 Å². The molecule has 0 unspecified atom stereocenters. The number of hydrogen-bond donors (Lipinski definition) is 2. The van der Waals surface area contributed by atoms with Gasteiger partial charge in [-0.25, -0.2) is 4.79 Å². The van der Waals surface area contributed by atoms with Crippen LogP contribution in [0.25, 0.3) is 0 Å². The van der Waals surface area contributed by atoms with Crippen molar-refractivity contribution < 1.29 is 9.90 Å². The SMILES string of the molecule is CN(CCc1ccccn1)c1ccc(N)c(C(=O)O)c1. The van der Waals surface area contributed by atoms with E-state index >= 15 is 0 Å². The van der Waals surface area contributed by atoms with Gasteiger partial charge in [-0.3, -0.25) is 4.98 Å². The number of carbonyl (C=O) groups is 1. The Labute approximate surface area is 117 Å². The maximum Gasteiger partial charge on any atom is 0.337 e. The van der Waals surface area contributed by atoms with Crippen molar-refractivity contribution in [2.45, 2.75) is 6.42 Å². The molecule has 1 aromatic carbocycles. The lowest BCUT2D eigenvalue weighted by Gasteiger charge is -2.20. The fourth-order valence-corrected chi connectivity index (χ4v) is 1.92. The molecule has 2 aromatic rings. The van der Waals surface area contributed by atoms with Gasteiger partial charge in [0.05, 0.1) is 5.56 Å². The summed E-state index contributed by atoms with van der Waals surface area (Å²) in [6.07, 6.45) is 2.56. The Morgan fingerprint density at radius 3 is 2.80 bits per heavy atom. The molecule has 2 rings (SSSR count). The summed E-state index contributed by atoms with van der Waals surface area (Å²) in [4.78, 5) is 17.3. The molecule has 0 aliphatic heterocycles. The molecule has 0 radical (unpaired) electrons. The third kappa shape index (κ3) is 3.26. The summed E-state index contributed by atoms with van der Waals surface area (Å²) in [5, 5.41) is 9.07. The van der Waals surface area contributed by atoms with E-state index in [1.54, 1.807) is 18.3 Å². The summed E-state index contributed by atoms with van der Waals surface area (Å²) in [6.45, 7) is 0.750. The number of rotatable bonds is 5. The Morgan fingerprint density at radius 1 is 1.35 bits per heavy atom. The van der Waals surface area contributed by atoms with E-state index < -0.39 is 5.97 Å². The van der Waals surface area contributed by atoms with Gasteiger partial charge in [0, 0.05) is 43.3 Å². The summed E-state index contributed by atoms with van der Waals surface area (Å²) >= 11 is 0. The highest BCUT2D eigenvalue weighted by molar-refractivity contribution is 5.94. The standard InChI is InChI=1S/C15H17N3O2/c1-18(9-7-11-4-2-3-8-17-11)12-5-6-14(16)13(10-12)15(19)20/h2-6,8,10H,7,9,16H2,1H3,(H,19,20). The van der Waals surface area contributed by atoms with Crippen LogP contribution in [0.3, 0.4) is 0 Å². The molecule has 0 aliphatic rings. The van der Waals surface area contributed by atoms with Gasteiger partial charge in [-0.2, -0.15) is 0 Å². The van der Waals surface area contributed by atoms with Gasteiger partial charge in [-0.1, -0.05) is 6.07 Å². The van der Waals surface area contributed by atoms with Crippen LogP contribution in [0.15, 0.2) is 42.6 Å². The second-order valence-electron chi connectivity index (χ2n) is 4.57. The zero-order chi connectivity index (χ0) is 14.5. The molecule has 3 N–H and O–H groups in total. The lowest BCUT2D eigenvalue weighted by atomic mass is 10.1. The van der Waals surface area contributed by atoms with E-state index in [1.165, 1.54) is 0 Å². The van der Waals surface area contributed by atoms with Gasteiger partial charge in [0.1, 0.15) is 0 Å². The number of likely N-dealkylation sites (N-methyl/N-ethyl adjacent to an activating group) is 1. The van der Waals surface area contributed by atoms with Crippen LogP contribution in [0.4, 0.5) is 11.4 Å². The molecule has 0 saturated carbocycles. The van der Waals surface area contributed by atoms with E-state index in [4.69, 9.17) is 10.8 Å². The van der Waals surface area contributed by atoms with Crippen molar-refractivity contribution >= 4 is 17.3 Å². The van der Waals surface area contributed by atoms with Crippen molar-refractivity contribution in [2.24, 2.45) is 0 Å². The highest BCUT2D eigenvalue weighted by Crippen LogP contribution is 2.20. The maximum atomic E-state index is 11.1. The number of nitrogen functional groups attached to an aromatic ring is 1. The molecule has 5 nitrogen and oxygen atoms in total. The van der Waals surface area contributed by atoms with E-state index in [-0.39, 0.29) is 11.3 Å². The smallest absolute Gasteiger partial charge is 0.337 e. The molecule has 0 bridgehead atoms. The average molecular weight is 271 g/mol. The van der Waals surface area contributed by atoms with Crippen LogP contribution in [-0.2, 0) is 6.42 Å². The molecule has 5 heteroatoms. The lowest BCUT2D eigenvalue weighted by Crippen LogP contribution is -2.21. The van der Waals surface area contributed by atoms with Crippen molar-refractivity contribution in [3.8, 4) is 0 Å². The molecule has 1 heterocycles. The predicted molar refractivity (Wildman–Crippen MR) is 79.0 cm³/mol. The van der Waals surface area contributed by atoms with Crippen LogP contribution >= 0.6 is 0 Å². The predicted octanol–water partition coefficient (Wildman–Crippen LogP) is 2.04. The zero-order valence-corrected chi connectivity index (χ0v) is 11.3. The first kappa shape index (κ1) is 13.9. The number of benzene rings is 1. The first-order valence-corrected chi connectivity index (χ1v) is 6.32. The van der Waals surface area contributed by atoms with Gasteiger partial charge in [0.2, 0.25) is 0 Å². The number of pyridine rings is 1. The summed E-state index contributed by atoms with van der Waals surface area (Å²) in [6, 6.07) is 10.8. The number of anilines is 2. The van der Waals surface area contributed by atoms with Gasteiger partial charge in [-0.15, -0.1) is 0 Å². The monoisotopic (exact) mass is 271 g/mol. The Balaban J connectivity index is 2.07. The van der Waals surface area contributed by atoms with Gasteiger partial charge in [0.25, 0.3) is 0 Å². The first-order chi connectivity index (χ1) is 9.58. The summed E-state index contributed by atoms with van der Waals surface area (Å²) in [5.41, 5.74) is 7.89. The number of nitrogens with two attached hydrogens (primary N) is 1. The number of aromatic carboxylic acids is 1. The van der Waals surface area contributed by atoms with Gasteiger partial charge < -0.3 is 15.7 Å². The summed E-state index contributed by atoms with van der Waals surface area (Å²) < 4.78 is 0. The normalized spacial score (nSPS) is 10.2. The first-order valence-electron chi connectivity index (χ1n) is 6.32. The van der Waals surface area contributed by atoms with Crippen molar-refractivity contribution in [1.82, 2.24) is 4.98 Å². The molecule has 104 valence electrons. The van der Waals surface area contributed by atoms with Crippen molar-refractivity contribution in [1.29, 1.82) is 0 Å². The summed E-state index contributed by atoms with van der Waals surface area (Å²) in [7, 11) is 1.92. The molecule has 0 amide bonds. The number of nitrogens with zero attached hydrogens (tertiary/aromatic N) is 2. The van der Waals surface area contributed by atoms with Crippen molar-refractivity contribution in [2.75, 3.05) is 24.2 Å². The largest absolute Gasteiger partial charge is 0.478 e. The Hall–Kier alpha value is -2.56. The third-order valence-corrected chi connectivity index (χ3v) is 3.14. The van der Waals surface area contributed by atoms with E-state index in [2.05, 4.69) is 4.98 Å². The van der Waals surface area contributed by atoms with Crippen molar-refractivity contribution in [3.63, 3.8) is 0 Å². The molecular formula is C15H17N3O2. The Bertz CT molecular complexity index is 599. The van der Waals surface area contributed by atoms with E-state index in [9.17, 15) is 4.79 Å². The second kappa shape index (κ2) is 6.06. The highest BCUT2D eigenvalue weighted by Gasteiger charge is 2.10. The minimum atomic E-state index is -1.01. The van der Waals surface area contributed by atoms with Crippen LogP contribution in [-0.4, -0.2) is 29.7 Å². The third-order valence-electron chi connectivity index (χ3n) is 3.14. The molecule has 0 aliphatic carbocycles. The molecular weight excluding hydrogens is 254 g/mol. The van der Waals surface area contributed by atoms with Crippen LogP contribution in [0.5, 0.6) is 0 Å². The van der Waals surface area contributed by atoms with Crippen molar-refractivity contribution in [3.05, 3.63) is 53.9 Å². The van der Waals surface area contributed by atoms with Crippen LogP contribution in [0.2, 0.25) is 0 Å². The molecule has 0 spiro atoms. The van der Waals surface area contributed by atoms with Gasteiger partial charge in [0.15, 0.2) is 0 Å². The molecule has 0 atom stereocenters. The fraction of sp³-hybridized carbons (Fsp3) is 0.200. The highest BCUT2D eigenvalue weighted by atomic mass is 16.4. The minimum absolute atomic E-state index is 0.132. The average Bonchev–Trinajstić information content (AvgIpc) is 2.46. The maximum absolute atomic E-state index is 11.1. The van der Waals surface area contributed by atoms with Gasteiger partial charge >= 0.3 is 5.97 Å². The van der Waals surface area contributed by atoms with Crippen LogP contribution in [0, 0.1) is 0 Å². The van der Waals surface area contributed by atoms with E-state index in [1.807, 2.05) is 36.2 Å². The number of aromatic nitrogens is 1. The number of carboxylic acid groups (broad SMARTS) is 1. The zero-order valence-electron chi connectivity index (χ0n) is 11.3. The molecule has 0 fully saturated rings. The molecule has 0 saturated heterocycles. The Morgan fingerprint density at radius 2 is 2.15 bits per heavy atom. The fourth-order valence-electron chi connectivity index (χ4n) is 1.92. The number of carboxylic acids is 1. The lowest BCUT2D eigenvalue weighted by molar-refractivity contribution is 0.0698.